The van der Waals surface area contributed by atoms with Gasteiger partial charge >= 0.3 is 0 Å². The van der Waals surface area contributed by atoms with E-state index in [4.69, 9.17) is 13.9 Å². The first-order valence-electron chi connectivity index (χ1n) is 6.82. The van der Waals surface area contributed by atoms with Gasteiger partial charge in [0.05, 0.1) is 25.0 Å². The summed E-state index contributed by atoms with van der Waals surface area (Å²) in [5.41, 5.74) is 1.24. The molecular weight excluding hydrogens is 244 g/mol. The summed E-state index contributed by atoms with van der Waals surface area (Å²) >= 11 is 0. The zero-order valence-electron chi connectivity index (χ0n) is 12.0. The molecule has 108 valence electrons. The number of nitrogens with one attached hydrogen (secondary N) is 1. The zero-order valence-corrected chi connectivity index (χ0v) is 12.0. The summed E-state index contributed by atoms with van der Waals surface area (Å²) in [6, 6.07) is 2.05. The first-order valence-corrected chi connectivity index (χ1v) is 6.82. The fourth-order valence-corrected chi connectivity index (χ4v) is 2.54. The molecule has 0 aliphatic carbocycles. The van der Waals surface area contributed by atoms with Crippen molar-refractivity contribution in [3.05, 3.63) is 23.7 Å². The van der Waals surface area contributed by atoms with Gasteiger partial charge in [0.15, 0.2) is 0 Å². The lowest BCUT2D eigenvalue weighted by Gasteiger charge is -2.15. The molecule has 1 N–H and O–H groups in total. The topological polar surface area (TPSA) is 46.9 Å². The molecule has 0 bridgehead atoms. The third-order valence-electron chi connectivity index (χ3n) is 3.66. The molecule has 2 atom stereocenters. The Morgan fingerprint density at radius 3 is 2.58 bits per heavy atom. The summed E-state index contributed by atoms with van der Waals surface area (Å²) < 4.78 is 16.4. The molecular formula is C14H24N2O3. The second kappa shape index (κ2) is 7.05. The monoisotopic (exact) mass is 268 g/mol. The molecule has 0 amide bonds. The Morgan fingerprint density at radius 2 is 2.00 bits per heavy atom. The van der Waals surface area contributed by atoms with Crippen molar-refractivity contribution < 1.29 is 13.9 Å². The van der Waals surface area contributed by atoms with Crippen molar-refractivity contribution in [2.75, 3.05) is 33.9 Å². The van der Waals surface area contributed by atoms with Gasteiger partial charge in [0.2, 0.25) is 0 Å². The average molecular weight is 268 g/mol. The number of likely N-dealkylation sites (tertiary alicyclic amines) is 1. The number of ether oxygens (including phenoxy) is 2. The summed E-state index contributed by atoms with van der Waals surface area (Å²) in [6.07, 6.45) is 2.09. The van der Waals surface area contributed by atoms with Crippen LogP contribution in [0.4, 0.5) is 0 Å². The quantitative estimate of drug-likeness (QED) is 0.806. The summed E-state index contributed by atoms with van der Waals surface area (Å²) in [7, 11) is 3.49. The SMILES string of the molecule is CCNCc1occc1CN1CC(OC)C(OC)C1. The van der Waals surface area contributed by atoms with Crippen molar-refractivity contribution in [3.63, 3.8) is 0 Å². The fraction of sp³-hybridized carbons (Fsp3) is 0.714. The Labute approximate surface area is 114 Å². The molecule has 0 radical (unpaired) electrons. The summed E-state index contributed by atoms with van der Waals surface area (Å²) in [4.78, 5) is 2.35. The first kappa shape index (κ1) is 14.5. The van der Waals surface area contributed by atoms with E-state index in [0.717, 1.165) is 38.5 Å². The predicted octanol–water partition coefficient (Wildman–Crippen LogP) is 1.23. The maximum absolute atomic E-state index is 5.53. The van der Waals surface area contributed by atoms with E-state index in [1.807, 2.05) is 0 Å². The predicted molar refractivity (Wildman–Crippen MR) is 73.0 cm³/mol. The van der Waals surface area contributed by atoms with E-state index in [1.54, 1.807) is 20.5 Å². The highest BCUT2D eigenvalue weighted by atomic mass is 16.5. The highest BCUT2D eigenvalue weighted by Crippen LogP contribution is 2.20. The van der Waals surface area contributed by atoms with Crippen LogP contribution in [0.5, 0.6) is 0 Å². The number of hydrogen-bond acceptors (Lipinski definition) is 5. The van der Waals surface area contributed by atoms with Crippen molar-refractivity contribution in [1.82, 2.24) is 10.2 Å². The highest BCUT2D eigenvalue weighted by molar-refractivity contribution is 5.17. The molecule has 1 aliphatic heterocycles. The van der Waals surface area contributed by atoms with Crippen LogP contribution in [0.3, 0.4) is 0 Å². The van der Waals surface area contributed by atoms with Crippen LogP contribution in [-0.4, -0.2) is 51.0 Å². The molecule has 2 heterocycles. The molecule has 0 aromatic carbocycles. The summed E-state index contributed by atoms with van der Waals surface area (Å²) in [5.74, 6) is 1.02. The molecule has 1 aliphatic rings. The third-order valence-corrected chi connectivity index (χ3v) is 3.66. The van der Waals surface area contributed by atoms with Gasteiger partial charge in [-0.15, -0.1) is 0 Å². The van der Waals surface area contributed by atoms with Crippen LogP contribution >= 0.6 is 0 Å². The van der Waals surface area contributed by atoms with E-state index in [9.17, 15) is 0 Å². The molecule has 2 unspecified atom stereocenters. The zero-order chi connectivity index (χ0) is 13.7. The minimum atomic E-state index is 0.161. The van der Waals surface area contributed by atoms with E-state index in [1.165, 1.54) is 5.56 Å². The Bertz CT molecular complexity index is 369. The molecule has 0 saturated carbocycles. The molecule has 5 heteroatoms. The lowest BCUT2D eigenvalue weighted by Crippen LogP contribution is -2.27. The molecule has 1 saturated heterocycles. The van der Waals surface area contributed by atoms with Gasteiger partial charge in [-0.25, -0.2) is 0 Å². The second-order valence-electron chi connectivity index (χ2n) is 4.89. The van der Waals surface area contributed by atoms with Gasteiger partial charge in [0, 0.05) is 39.4 Å². The number of methoxy groups -OCH3 is 2. The van der Waals surface area contributed by atoms with Gasteiger partial charge in [-0.1, -0.05) is 6.92 Å². The van der Waals surface area contributed by atoms with Crippen molar-refractivity contribution in [1.29, 1.82) is 0 Å². The average Bonchev–Trinajstić information content (AvgIpc) is 3.03. The van der Waals surface area contributed by atoms with E-state index >= 15 is 0 Å². The molecule has 1 aromatic rings. The molecule has 2 rings (SSSR count). The minimum absolute atomic E-state index is 0.161. The number of rotatable bonds is 7. The van der Waals surface area contributed by atoms with Crippen molar-refractivity contribution in [2.24, 2.45) is 0 Å². The third kappa shape index (κ3) is 3.57. The Balaban J connectivity index is 1.93. The lowest BCUT2D eigenvalue weighted by molar-refractivity contribution is -0.00461. The van der Waals surface area contributed by atoms with E-state index in [2.05, 4.69) is 23.2 Å². The Morgan fingerprint density at radius 1 is 1.32 bits per heavy atom. The minimum Gasteiger partial charge on any atom is -0.468 e. The second-order valence-corrected chi connectivity index (χ2v) is 4.89. The van der Waals surface area contributed by atoms with Gasteiger partial charge in [0.1, 0.15) is 5.76 Å². The summed E-state index contributed by atoms with van der Waals surface area (Å²) in [5, 5.41) is 3.29. The Hall–Kier alpha value is -0.880. The van der Waals surface area contributed by atoms with E-state index < -0.39 is 0 Å². The van der Waals surface area contributed by atoms with Gasteiger partial charge in [-0.2, -0.15) is 0 Å². The maximum atomic E-state index is 5.53. The molecule has 1 aromatic heterocycles. The number of nitrogens with zero attached hydrogens (tertiary/aromatic N) is 1. The largest absolute Gasteiger partial charge is 0.468 e. The van der Waals surface area contributed by atoms with Gasteiger partial charge in [-0.3, -0.25) is 4.90 Å². The van der Waals surface area contributed by atoms with Crippen molar-refractivity contribution in [2.45, 2.75) is 32.2 Å². The summed E-state index contributed by atoms with van der Waals surface area (Å²) in [6.45, 7) is 6.52. The Kier molecular flexibility index (Phi) is 5.39. The molecule has 5 nitrogen and oxygen atoms in total. The molecule has 19 heavy (non-hydrogen) atoms. The van der Waals surface area contributed by atoms with Crippen LogP contribution < -0.4 is 5.32 Å². The van der Waals surface area contributed by atoms with Crippen LogP contribution in [0.25, 0.3) is 0 Å². The fourth-order valence-electron chi connectivity index (χ4n) is 2.54. The first-order chi connectivity index (χ1) is 9.28. The van der Waals surface area contributed by atoms with Crippen LogP contribution in [0.1, 0.15) is 18.2 Å². The smallest absolute Gasteiger partial charge is 0.122 e. The van der Waals surface area contributed by atoms with Gasteiger partial charge in [-0.05, 0) is 12.6 Å². The number of hydrogen-bond donors (Lipinski definition) is 1. The normalized spacial score (nSPS) is 24.2. The lowest BCUT2D eigenvalue weighted by atomic mass is 10.2. The van der Waals surface area contributed by atoms with Gasteiger partial charge in [0.25, 0.3) is 0 Å². The molecule has 1 fully saturated rings. The standard InChI is InChI=1S/C14H24N2O3/c1-4-15-7-12-11(5-6-19-12)8-16-9-13(17-2)14(10-16)18-3/h5-6,13-15H,4,7-10H2,1-3H3. The van der Waals surface area contributed by atoms with Crippen molar-refractivity contribution >= 4 is 0 Å². The van der Waals surface area contributed by atoms with Crippen LogP contribution in [0.2, 0.25) is 0 Å². The van der Waals surface area contributed by atoms with Crippen LogP contribution in [0.15, 0.2) is 16.7 Å². The van der Waals surface area contributed by atoms with Crippen LogP contribution in [0, 0.1) is 0 Å². The highest BCUT2D eigenvalue weighted by Gasteiger charge is 2.33. The molecule has 0 spiro atoms. The van der Waals surface area contributed by atoms with Crippen molar-refractivity contribution in [3.8, 4) is 0 Å². The number of furan rings is 1. The maximum Gasteiger partial charge on any atom is 0.122 e. The van der Waals surface area contributed by atoms with Gasteiger partial charge < -0.3 is 19.2 Å². The van der Waals surface area contributed by atoms with E-state index in [-0.39, 0.29) is 12.2 Å². The van der Waals surface area contributed by atoms with E-state index in [0.29, 0.717) is 0 Å². The van der Waals surface area contributed by atoms with Crippen LogP contribution in [-0.2, 0) is 22.6 Å².